The minimum Gasteiger partial charge on any atom is -0.508 e. The third kappa shape index (κ3) is 2.81. The molecule has 0 unspecified atom stereocenters. The first-order valence-corrected chi connectivity index (χ1v) is 5.09. The molecule has 6 heteroatoms. The average molecular weight is 232 g/mol. The summed E-state index contributed by atoms with van der Waals surface area (Å²) in [7, 11) is 0. The molecule has 0 aliphatic carbocycles. The van der Waals surface area contributed by atoms with E-state index in [-0.39, 0.29) is 18.2 Å². The summed E-state index contributed by atoms with van der Waals surface area (Å²) in [6.45, 7) is 1.94. The van der Waals surface area contributed by atoms with Gasteiger partial charge in [-0.05, 0) is 31.2 Å². The Bertz CT molecular complexity index is 519. The largest absolute Gasteiger partial charge is 0.508 e. The normalized spacial score (nSPS) is 10.2. The first kappa shape index (κ1) is 11.1. The number of aromatic nitrogens is 3. The molecule has 0 bridgehead atoms. The van der Waals surface area contributed by atoms with Crippen LogP contribution in [0.15, 0.2) is 30.5 Å². The molecular formula is C11H12N4O2. The predicted octanol–water partition coefficient (Wildman–Crippen LogP) is 0.931. The van der Waals surface area contributed by atoms with Gasteiger partial charge in [0.2, 0.25) is 5.91 Å². The summed E-state index contributed by atoms with van der Waals surface area (Å²) in [4.78, 5) is 11.7. The first-order chi connectivity index (χ1) is 8.15. The second-order valence-corrected chi connectivity index (χ2v) is 3.63. The highest BCUT2D eigenvalue weighted by atomic mass is 16.3. The molecule has 0 radical (unpaired) electrons. The Balaban J connectivity index is 1.98. The van der Waals surface area contributed by atoms with E-state index in [2.05, 4.69) is 15.6 Å². The molecule has 2 aromatic rings. The molecule has 0 fully saturated rings. The van der Waals surface area contributed by atoms with E-state index >= 15 is 0 Å². The number of carbonyl (C=O) groups excluding carboxylic acids is 1. The zero-order valence-electron chi connectivity index (χ0n) is 9.29. The van der Waals surface area contributed by atoms with E-state index in [4.69, 9.17) is 5.11 Å². The van der Waals surface area contributed by atoms with Crippen molar-refractivity contribution in [2.75, 3.05) is 5.32 Å². The van der Waals surface area contributed by atoms with Gasteiger partial charge in [-0.25, -0.2) is 4.68 Å². The number of aromatic hydroxyl groups is 1. The summed E-state index contributed by atoms with van der Waals surface area (Å²) in [5.74, 6) is -0.0283. The van der Waals surface area contributed by atoms with Crippen LogP contribution in [0.3, 0.4) is 0 Å². The SMILES string of the molecule is Cc1cnnn1CC(=O)Nc1ccc(O)cc1. The number of aryl methyl sites for hydroxylation is 1. The lowest BCUT2D eigenvalue weighted by atomic mass is 10.3. The standard InChI is InChI=1S/C11H12N4O2/c1-8-6-12-14-15(8)7-11(17)13-9-2-4-10(16)5-3-9/h2-6,16H,7H2,1H3,(H,13,17). The van der Waals surface area contributed by atoms with Gasteiger partial charge in [-0.1, -0.05) is 5.21 Å². The van der Waals surface area contributed by atoms with Gasteiger partial charge in [0.05, 0.1) is 11.9 Å². The summed E-state index contributed by atoms with van der Waals surface area (Å²) in [5, 5.41) is 19.3. The third-order valence-corrected chi connectivity index (χ3v) is 2.26. The Labute approximate surface area is 97.9 Å². The number of nitrogens with zero attached hydrogens (tertiary/aromatic N) is 3. The first-order valence-electron chi connectivity index (χ1n) is 5.09. The van der Waals surface area contributed by atoms with Crippen molar-refractivity contribution in [3.63, 3.8) is 0 Å². The Morgan fingerprint density at radius 3 is 2.71 bits per heavy atom. The number of hydrogen-bond acceptors (Lipinski definition) is 4. The molecule has 0 saturated carbocycles. The van der Waals surface area contributed by atoms with E-state index in [9.17, 15) is 4.79 Å². The summed E-state index contributed by atoms with van der Waals surface area (Å²) in [6, 6.07) is 6.27. The van der Waals surface area contributed by atoms with Gasteiger partial charge in [-0.3, -0.25) is 4.79 Å². The Morgan fingerprint density at radius 1 is 1.41 bits per heavy atom. The van der Waals surface area contributed by atoms with Crippen molar-refractivity contribution in [3.8, 4) is 5.75 Å². The highest BCUT2D eigenvalue weighted by molar-refractivity contribution is 5.90. The molecule has 1 aromatic carbocycles. The monoisotopic (exact) mass is 232 g/mol. The fourth-order valence-corrected chi connectivity index (χ4v) is 1.35. The maximum absolute atomic E-state index is 11.7. The van der Waals surface area contributed by atoms with Crippen molar-refractivity contribution in [1.82, 2.24) is 15.0 Å². The Morgan fingerprint density at radius 2 is 2.12 bits per heavy atom. The zero-order chi connectivity index (χ0) is 12.3. The molecule has 88 valence electrons. The van der Waals surface area contributed by atoms with Gasteiger partial charge in [0.1, 0.15) is 12.3 Å². The fourth-order valence-electron chi connectivity index (χ4n) is 1.35. The average Bonchev–Trinajstić information content (AvgIpc) is 2.68. The lowest BCUT2D eigenvalue weighted by Gasteiger charge is -2.05. The number of phenols is 1. The van der Waals surface area contributed by atoms with Gasteiger partial charge < -0.3 is 10.4 Å². The minimum atomic E-state index is -0.190. The minimum absolute atomic E-state index is 0.118. The van der Waals surface area contributed by atoms with Crippen LogP contribution in [0, 0.1) is 6.92 Å². The van der Waals surface area contributed by atoms with Crippen LogP contribution in [0.2, 0.25) is 0 Å². The van der Waals surface area contributed by atoms with E-state index in [0.717, 1.165) is 5.69 Å². The van der Waals surface area contributed by atoms with Crippen molar-refractivity contribution in [2.45, 2.75) is 13.5 Å². The molecule has 0 atom stereocenters. The van der Waals surface area contributed by atoms with Crippen LogP contribution >= 0.6 is 0 Å². The predicted molar refractivity (Wildman–Crippen MR) is 61.5 cm³/mol. The molecule has 2 N–H and O–H groups in total. The Hall–Kier alpha value is -2.37. The van der Waals surface area contributed by atoms with Gasteiger partial charge in [0.25, 0.3) is 0 Å². The molecular weight excluding hydrogens is 220 g/mol. The van der Waals surface area contributed by atoms with E-state index in [0.29, 0.717) is 5.69 Å². The number of hydrogen-bond donors (Lipinski definition) is 2. The van der Waals surface area contributed by atoms with Gasteiger partial charge in [0, 0.05) is 5.69 Å². The van der Waals surface area contributed by atoms with Gasteiger partial charge in [-0.15, -0.1) is 5.10 Å². The van der Waals surface area contributed by atoms with E-state index in [1.165, 1.54) is 16.8 Å². The van der Waals surface area contributed by atoms with Crippen LogP contribution < -0.4 is 5.32 Å². The second-order valence-electron chi connectivity index (χ2n) is 3.63. The van der Waals surface area contributed by atoms with Crippen molar-refractivity contribution >= 4 is 11.6 Å². The van der Waals surface area contributed by atoms with Gasteiger partial charge >= 0.3 is 0 Å². The lowest BCUT2D eigenvalue weighted by Crippen LogP contribution is -2.20. The number of amides is 1. The quantitative estimate of drug-likeness (QED) is 0.771. The third-order valence-electron chi connectivity index (χ3n) is 2.26. The van der Waals surface area contributed by atoms with E-state index in [1.807, 2.05) is 6.92 Å². The molecule has 0 aliphatic rings. The lowest BCUT2D eigenvalue weighted by molar-refractivity contribution is -0.117. The molecule has 1 heterocycles. The number of rotatable bonds is 3. The van der Waals surface area contributed by atoms with Crippen molar-refractivity contribution < 1.29 is 9.90 Å². The van der Waals surface area contributed by atoms with E-state index in [1.54, 1.807) is 18.3 Å². The number of phenolic OH excluding ortho intramolecular Hbond substituents is 1. The van der Waals surface area contributed by atoms with E-state index < -0.39 is 0 Å². The molecule has 1 aromatic heterocycles. The molecule has 17 heavy (non-hydrogen) atoms. The molecule has 0 saturated heterocycles. The van der Waals surface area contributed by atoms with Crippen LogP contribution in [0.25, 0.3) is 0 Å². The second kappa shape index (κ2) is 4.65. The summed E-state index contributed by atoms with van der Waals surface area (Å²) in [5.41, 5.74) is 1.46. The van der Waals surface area contributed by atoms with Crippen LogP contribution in [0.5, 0.6) is 5.75 Å². The van der Waals surface area contributed by atoms with Gasteiger partial charge in [-0.2, -0.15) is 0 Å². The molecule has 2 rings (SSSR count). The number of carbonyl (C=O) groups is 1. The number of benzene rings is 1. The van der Waals surface area contributed by atoms with Gasteiger partial charge in [0.15, 0.2) is 0 Å². The maximum atomic E-state index is 11.7. The van der Waals surface area contributed by atoms with Crippen LogP contribution in [-0.2, 0) is 11.3 Å². The molecule has 6 nitrogen and oxygen atoms in total. The smallest absolute Gasteiger partial charge is 0.246 e. The zero-order valence-corrected chi connectivity index (χ0v) is 9.29. The van der Waals surface area contributed by atoms with Crippen LogP contribution in [-0.4, -0.2) is 26.0 Å². The van der Waals surface area contributed by atoms with Crippen LogP contribution in [0.4, 0.5) is 5.69 Å². The molecule has 0 spiro atoms. The highest BCUT2D eigenvalue weighted by Gasteiger charge is 2.06. The fraction of sp³-hybridized carbons (Fsp3) is 0.182. The highest BCUT2D eigenvalue weighted by Crippen LogP contribution is 2.13. The number of nitrogens with one attached hydrogen (secondary N) is 1. The summed E-state index contributed by atoms with van der Waals surface area (Å²) >= 11 is 0. The van der Waals surface area contributed by atoms with Crippen molar-refractivity contribution in [3.05, 3.63) is 36.2 Å². The van der Waals surface area contributed by atoms with Crippen molar-refractivity contribution in [2.24, 2.45) is 0 Å². The molecule has 1 amide bonds. The van der Waals surface area contributed by atoms with Crippen LogP contribution in [0.1, 0.15) is 5.69 Å². The number of anilines is 1. The summed E-state index contributed by atoms with van der Waals surface area (Å²) < 4.78 is 1.51. The maximum Gasteiger partial charge on any atom is 0.246 e. The topological polar surface area (TPSA) is 80.0 Å². The summed E-state index contributed by atoms with van der Waals surface area (Å²) in [6.07, 6.45) is 1.59. The van der Waals surface area contributed by atoms with Crippen molar-refractivity contribution in [1.29, 1.82) is 0 Å². The Kier molecular flexibility index (Phi) is 3.04. The molecule has 0 aliphatic heterocycles.